The monoisotopic (exact) mass is 326 g/mol. The fourth-order valence-electron chi connectivity index (χ4n) is 2.25. The molecule has 0 spiro atoms. The molecule has 0 N–H and O–H groups in total. The highest BCUT2D eigenvalue weighted by Gasteiger charge is 2.19. The average molecular weight is 327 g/mol. The lowest BCUT2D eigenvalue weighted by atomic mass is 10.2. The lowest BCUT2D eigenvalue weighted by Gasteiger charge is -2.11. The van der Waals surface area contributed by atoms with E-state index in [2.05, 4.69) is 4.98 Å². The van der Waals surface area contributed by atoms with Crippen LogP contribution in [-0.2, 0) is 0 Å². The summed E-state index contributed by atoms with van der Waals surface area (Å²) < 4.78 is 29.2. The zero-order valence-electron chi connectivity index (χ0n) is 10.9. The van der Waals surface area contributed by atoms with Crippen LogP contribution >= 0.6 is 23.2 Å². The number of hydrogen-bond acceptors (Lipinski definition) is 1. The lowest BCUT2D eigenvalue weighted by Crippen LogP contribution is -2.04. The van der Waals surface area contributed by atoms with Gasteiger partial charge in [0.2, 0.25) is 0 Å². The van der Waals surface area contributed by atoms with Crippen LogP contribution < -0.4 is 0 Å². The standard InChI is InChI=1S/C15H10Cl2F2N2/c1-8(16)15-20-12-4-3-10(18)7-14(12)21(15)13-5-2-9(17)6-11(13)19/h2-8H,1H3. The van der Waals surface area contributed by atoms with Gasteiger partial charge in [0, 0.05) is 11.1 Å². The summed E-state index contributed by atoms with van der Waals surface area (Å²) in [6, 6.07) is 8.43. The fraction of sp³-hybridized carbons (Fsp3) is 0.133. The highest BCUT2D eigenvalue weighted by molar-refractivity contribution is 6.30. The molecule has 0 fully saturated rings. The summed E-state index contributed by atoms with van der Waals surface area (Å²) >= 11 is 11.9. The number of benzene rings is 2. The number of alkyl halides is 1. The summed E-state index contributed by atoms with van der Waals surface area (Å²) in [4.78, 5) is 4.36. The van der Waals surface area contributed by atoms with Crippen molar-refractivity contribution in [3.8, 4) is 5.69 Å². The zero-order valence-corrected chi connectivity index (χ0v) is 12.5. The first-order valence-corrected chi connectivity index (χ1v) is 7.06. The second kappa shape index (κ2) is 5.28. The van der Waals surface area contributed by atoms with Crippen LogP contribution in [0.3, 0.4) is 0 Å². The Morgan fingerprint density at radius 2 is 1.90 bits per heavy atom. The molecular formula is C15H10Cl2F2N2. The maximum atomic E-state index is 14.2. The Balaban J connectivity index is 2.38. The molecule has 0 aliphatic heterocycles. The summed E-state index contributed by atoms with van der Waals surface area (Å²) in [6.07, 6.45) is 0. The zero-order chi connectivity index (χ0) is 15.1. The van der Waals surface area contributed by atoms with Crippen molar-refractivity contribution in [3.63, 3.8) is 0 Å². The van der Waals surface area contributed by atoms with Gasteiger partial charge in [0.05, 0.1) is 22.1 Å². The van der Waals surface area contributed by atoms with Gasteiger partial charge >= 0.3 is 0 Å². The van der Waals surface area contributed by atoms with Crippen molar-refractivity contribution >= 4 is 34.2 Å². The minimum atomic E-state index is -0.523. The minimum Gasteiger partial charge on any atom is -0.292 e. The van der Waals surface area contributed by atoms with E-state index in [4.69, 9.17) is 23.2 Å². The van der Waals surface area contributed by atoms with E-state index in [-0.39, 0.29) is 10.7 Å². The summed E-state index contributed by atoms with van der Waals surface area (Å²) in [6.45, 7) is 1.73. The third kappa shape index (κ3) is 2.49. The van der Waals surface area contributed by atoms with Crippen LogP contribution in [0, 0.1) is 11.6 Å². The Morgan fingerprint density at radius 3 is 2.57 bits per heavy atom. The van der Waals surface area contributed by atoms with E-state index in [0.29, 0.717) is 16.9 Å². The van der Waals surface area contributed by atoms with Crippen molar-refractivity contribution in [2.24, 2.45) is 0 Å². The van der Waals surface area contributed by atoms with Crippen LogP contribution in [0.2, 0.25) is 5.02 Å². The first kappa shape index (κ1) is 14.3. The molecule has 0 saturated heterocycles. The SMILES string of the molecule is CC(Cl)c1nc2ccc(F)cc2n1-c1ccc(Cl)cc1F. The van der Waals surface area contributed by atoms with Gasteiger partial charge in [-0.05, 0) is 37.3 Å². The molecule has 0 amide bonds. The maximum absolute atomic E-state index is 14.2. The van der Waals surface area contributed by atoms with Crippen molar-refractivity contribution < 1.29 is 8.78 Å². The summed E-state index contributed by atoms with van der Waals surface area (Å²) in [7, 11) is 0. The number of hydrogen-bond donors (Lipinski definition) is 0. The number of halogens is 4. The number of imidazole rings is 1. The van der Waals surface area contributed by atoms with E-state index in [1.807, 2.05) is 0 Å². The van der Waals surface area contributed by atoms with Gasteiger partial charge in [0.25, 0.3) is 0 Å². The van der Waals surface area contributed by atoms with Crippen molar-refractivity contribution in [2.75, 3.05) is 0 Å². The fourth-order valence-corrected chi connectivity index (χ4v) is 2.55. The van der Waals surface area contributed by atoms with Gasteiger partial charge in [0.1, 0.15) is 17.5 Å². The molecule has 1 unspecified atom stereocenters. The molecule has 0 saturated carbocycles. The Morgan fingerprint density at radius 1 is 1.14 bits per heavy atom. The van der Waals surface area contributed by atoms with E-state index in [1.54, 1.807) is 13.0 Å². The molecule has 21 heavy (non-hydrogen) atoms. The van der Waals surface area contributed by atoms with Crippen LogP contribution in [0.25, 0.3) is 16.7 Å². The molecule has 1 atom stereocenters. The van der Waals surface area contributed by atoms with Crippen molar-refractivity contribution in [1.82, 2.24) is 9.55 Å². The van der Waals surface area contributed by atoms with Crippen LogP contribution in [0.1, 0.15) is 18.1 Å². The largest absolute Gasteiger partial charge is 0.292 e. The van der Waals surface area contributed by atoms with Crippen molar-refractivity contribution in [1.29, 1.82) is 0 Å². The molecule has 3 aromatic rings. The normalized spacial score (nSPS) is 12.8. The topological polar surface area (TPSA) is 17.8 Å². The molecule has 2 aromatic carbocycles. The van der Waals surface area contributed by atoms with Gasteiger partial charge in [-0.1, -0.05) is 11.6 Å². The number of fused-ring (bicyclic) bond motifs is 1. The average Bonchev–Trinajstić information content (AvgIpc) is 2.77. The first-order chi connectivity index (χ1) is 9.97. The molecule has 108 valence electrons. The quantitative estimate of drug-likeness (QED) is 0.587. The van der Waals surface area contributed by atoms with E-state index in [0.717, 1.165) is 0 Å². The summed E-state index contributed by atoms with van der Waals surface area (Å²) in [5.41, 5.74) is 1.24. The Hall–Kier alpha value is -1.65. The van der Waals surface area contributed by atoms with Crippen molar-refractivity contribution in [2.45, 2.75) is 12.3 Å². The molecule has 0 aliphatic rings. The van der Waals surface area contributed by atoms with E-state index >= 15 is 0 Å². The first-order valence-electron chi connectivity index (χ1n) is 6.25. The number of aromatic nitrogens is 2. The van der Waals surface area contributed by atoms with Crippen LogP contribution in [0.4, 0.5) is 8.78 Å². The molecule has 3 rings (SSSR count). The van der Waals surface area contributed by atoms with Crippen LogP contribution in [0.15, 0.2) is 36.4 Å². The van der Waals surface area contributed by atoms with Gasteiger partial charge in [-0.15, -0.1) is 11.6 Å². The molecule has 1 heterocycles. The van der Waals surface area contributed by atoms with Gasteiger partial charge in [0.15, 0.2) is 0 Å². The third-order valence-electron chi connectivity index (χ3n) is 3.15. The summed E-state index contributed by atoms with van der Waals surface area (Å²) in [5.74, 6) is -0.505. The summed E-state index contributed by atoms with van der Waals surface area (Å²) in [5, 5.41) is -0.178. The molecule has 1 aromatic heterocycles. The van der Waals surface area contributed by atoms with Gasteiger partial charge in [-0.25, -0.2) is 13.8 Å². The Kier molecular flexibility index (Phi) is 3.59. The molecule has 0 radical (unpaired) electrons. The Bertz CT molecular complexity index is 828. The molecule has 0 aliphatic carbocycles. The predicted octanol–water partition coefficient (Wildman–Crippen LogP) is 5.26. The van der Waals surface area contributed by atoms with E-state index < -0.39 is 17.0 Å². The van der Waals surface area contributed by atoms with E-state index in [1.165, 1.54) is 34.9 Å². The smallest absolute Gasteiger partial charge is 0.148 e. The van der Waals surface area contributed by atoms with Gasteiger partial charge in [-0.3, -0.25) is 4.57 Å². The van der Waals surface area contributed by atoms with Crippen LogP contribution in [-0.4, -0.2) is 9.55 Å². The minimum absolute atomic E-state index is 0.231. The highest BCUT2D eigenvalue weighted by Crippen LogP contribution is 2.30. The molecule has 0 bridgehead atoms. The molecular weight excluding hydrogens is 317 g/mol. The predicted molar refractivity (Wildman–Crippen MR) is 80.3 cm³/mol. The molecule has 6 heteroatoms. The van der Waals surface area contributed by atoms with Crippen molar-refractivity contribution in [3.05, 3.63) is 58.9 Å². The molecule has 2 nitrogen and oxygen atoms in total. The van der Waals surface area contributed by atoms with E-state index in [9.17, 15) is 8.78 Å². The second-order valence-electron chi connectivity index (χ2n) is 4.65. The Labute approximate surface area is 129 Å². The van der Waals surface area contributed by atoms with Gasteiger partial charge < -0.3 is 0 Å². The maximum Gasteiger partial charge on any atom is 0.148 e. The second-order valence-corrected chi connectivity index (χ2v) is 5.74. The number of nitrogens with zero attached hydrogens (tertiary/aromatic N) is 2. The van der Waals surface area contributed by atoms with Gasteiger partial charge in [-0.2, -0.15) is 0 Å². The number of rotatable bonds is 2. The third-order valence-corrected chi connectivity index (χ3v) is 3.58. The lowest BCUT2D eigenvalue weighted by molar-refractivity contribution is 0.615. The highest BCUT2D eigenvalue weighted by atomic mass is 35.5. The van der Waals surface area contributed by atoms with Crippen LogP contribution in [0.5, 0.6) is 0 Å².